The molecule has 1 N–H and O–H groups in total. The Bertz CT molecular complexity index is 999. The first-order chi connectivity index (χ1) is 13.6. The second kappa shape index (κ2) is 8.28. The molecule has 29 heavy (non-hydrogen) atoms. The van der Waals surface area contributed by atoms with Crippen molar-refractivity contribution in [1.82, 2.24) is 5.32 Å². The third-order valence-corrected chi connectivity index (χ3v) is 6.33. The van der Waals surface area contributed by atoms with Gasteiger partial charge in [-0.3, -0.25) is 9.10 Å². The van der Waals surface area contributed by atoms with Crippen LogP contribution in [-0.4, -0.2) is 26.6 Å². The van der Waals surface area contributed by atoms with E-state index in [9.17, 15) is 26.4 Å². The van der Waals surface area contributed by atoms with Crippen molar-refractivity contribution in [3.8, 4) is 0 Å². The van der Waals surface area contributed by atoms with E-state index in [4.69, 9.17) is 0 Å². The van der Waals surface area contributed by atoms with Gasteiger partial charge in [-0.25, -0.2) is 8.42 Å². The van der Waals surface area contributed by atoms with Crippen molar-refractivity contribution in [1.29, 1.82) is 0 Å². The van der Waals surface area contributed by atoms with Crippen LogP contribution in [0.3, 0.4) is 0 Å². The predicted molar refractivity (Wildman–Crippen MR) is 105 cm³/mol. The molecule has 9 heteroatoms. The Labute approximate surface area is 166 Å². The minimum Gasteiger partial charge on any atom is -0.348 e. The van der Waals surface area contributed by atoms with Gasteiger partial charge in [0.05, 0.1) is 17.0 Å². The smallest absolute Gasteiger partial charge is 0.348 e. The lowest BCUT2D eigenvalue weighted by molar-refractivity contribution is -0.137. The highest BCUT2D eigenvalue weighted by molar-refractivity contribution is 7.93. The van der Waals surface area contributed by atoms with E-state index in [0.29, 0.717) is 24.2 Å². The summed E-state index contributed by atoms with van der Waals surface area (Å²) >= 11 is 0. The van der Waals surface area contributed by atoms with E-state index in [1.807, 2.05) is 0 Å². The molecule has 0 unspecified atom stereocenters. The average molecular weight is 424 g/mol. The van der Waals surface area contributed by atoms with Gasteiger partial charge in [0.2, 0.25) is 15.9 Å². The molecular weight excluding hydrogens is 405 g/mol. The van der Waals surface area contributed by atoms with Crippen LogP contribution >= 0.6 is 0 Å². The van der Waals surface area contributed by atoms with Gasteiger partial charge >= 0.3 is 6.18 Å². The van der Waals surface area contributed by atoms with Crippen LogP contribution in [0.4, 0.5) is 18.9 Å². The Morgan fingerprint density at radius 2 is 1.72 bits per heavy atom. The summed E-state index contributed by atoms with van der Waals surface area (Å²) in [4.78, 5) is 11.9. The quantitative estimate of drug-likeness (QED) is 0.747. The molecule has 0 bridgehead atoms. The van der Waals surface area contributed by atoms with Crippen LogP contribution in [0.5, 0.6) is 0 Å². The van der Waals surface area contributed by atoms with Gasteiger partial charge in [0.15, 0.2) is 0 Å². The molecule has 0 radical (unpaired) electrons. The Balaban J connectivity index is 1.54. The largest absolute Gasteiger partial charge is 0.416 e. The van der Waals surface area contributed by atoms with Crippen LogP contribution in [0.1, 0.15) is 23.1 Å². The maximum atomic E-state index is 12.5. The number of anilines is 1. The summed E-state index contributed by atoms with van der Waals surface area (Å²) in [6.07, 6.45) is -0.905. The number of halogens is 3. The van der Waals surface area contributed by atoms with E-state index in [1.54, 1.807) is 30.3 Å². The SMILES string of the molecule is O=C(/C=C/c1ccc(N2CCCS2(=O)=O)cc1)NCc1ccc(C(F)(F)F)cc1. The molecule has 1 fully saturated rings. The number of nitrogens with zero attached hydrogens (tertiary/aromatic N) is 1. The molecule has 0 saturated carbocycles. The molecule has 2 aromatic carbocycles. The molecule has 0 atom stereocenters. The molecule has 0 aliphatic carbocycles. The Hall–Kier alpha value is -2.81. The summed E-state index contributed by atoms with van der Waals surface area (Å²) in [6, 6.07) is 11.4. The minimum atomic E-state index is -4.39. The molecule has 1 aliphatic heterocycles. The second-order valence-electron chi connectivity index (χ2n) is 6.58. The number of carbonyl (C=O) groups excluding carboxylic acids is 1. The van der Waals surface area contributed by atoms with Crippen molar-refractivity contribution in [3.63, 3.8) is 0 Å². The summed E-state index contributed by atoms with van der Waals surface area (Å²) < 4.78 is 62.8. The summed E-state index contributed by atoms with van der Waals surface area (Å²) in [7, 11) is -3.23. The molecule has 0 spiro atoms. The lowest BCUT2D eigenvalue weighted by Crippen LogP contribution is -2.24. The molecule has 1 heterocycles. The van der Waals surface area contributed by atoms with Gasteiger partial charge in [0.1, 0.15) is 0 Å². The van der Waals surface area contributed by atoms with Crippen LogP contribution in [-0.2, 0) is 27.5 Å². The highest BCUT2D eigenvalue weighted by atomic mass is 32.2. The summed E-state index contributed by atoms with van der Waals surface area (Å²) in [5, 5.41) is 2.60. The van der Waals surface area contributed by atoms with Crippen molar-refractivity contribution in [3.05, 3.63) is 71.3 Å². The monoisotopic (exact) mass is 424 g/mol. The van der Waals surface area contributed by atoms with Crippen molar-refractivity contribution in [2.45, 2.75) is 19.1 Å². The average Bonchev–Trinajstić information content (AvgIpc) is 3.04. The van der Waals surface area contributed by atoms with Gasteiger partial charge in [-0.2, -0.15) is 13.2 Å². The summed E-state index contributed by atoms with van der Waals surface area (Å²) in [6.45, 7) is 0.566. The van der Waals surface area contributed by atoms with Crippen LogP contribution in [0.2, 0.25) is 0 Å². The highest BCUT2D eigenvalue weighted by Crippen LogP contribution is 2.29. The molecule has 154 valence electrons. The van der Waals surface area contributed by atoms with E-state index < -0.39 is 27.7 Å². The van der Waals surface area contributed by atoms with Crippen molar-refractivity contribution in [2.75, 3.05) is 16.6 Å². The van der Waals surface area contributed by atoms with Crippen LogP contribution in [0, 0.1) is 0 Å². The third kappa shape index (κ3) is 5.38. The third-order valence-electron chi connectivity index (χ3n) is 4.46. The first-order valence-electron chi connectivity index (χ1n) is 8.88. The number of sulfonamides is 1. The van der Waals surface area contributed by atoms with Gasteiger partial charge in [-0.15, -0.1) is 0 Å². The number of hydrogen-bond acceptors (Lipinski definition) is 3. The zero-order chi connectivity index (χ0) is 21.1. The topological polar surface area (TPSA) is 66.5 Å². The van der Waals surface area contributed by atoms with Gasteiger partial charge in [0, 0.05) is 19.2 Å². The maximum Gasteiger partial charge on any atom is 0.416 e. The van der Waals surface area contributed by atoms with Gasteiger partial charge in [0.25, 0.3) is 0 Å². The highest BCUT2D eigenvalue weighted by Gasteiger charge is 2.30. The first-order valence-corrected chi connectivity index (χ1v) is 10.5. The number of hydrogen-bond donors (Lipinski definition) is 1. The van der Waals surface area contributed by atoms with Crippen LogP contribution in [0.25, 0.3) is 6.08 Å². The zero-order valence-corrected chi connectivity index (χ0v) is 16.1. The lowest BCUT2D eigenvalue weighted by atomic mass is 10.1. The standard InChI is InChI=1S/C20H19F3N2O3S/c21-20(22,23)17-7-2-16(3-8-17)14-24-19(26)11-6-15-4-9-18(10-5-15)25-12-1-13-29(25,27)28/h2-11H,1,12-14H2,(H,24,26)/b11-6+. The molecule has 5 nitrogen and oxygen atoms in total. The molecule has 1 saturated heterocycles. The number of benzene rings is 2. The van der Waals surface area contributed by atoms with E-state index >= 15 is 0 Å². The molecule has 3 rings (SSSR count). The fourth-order valence-electron chi connectivity index (χ4n) is 2.91. The molecular formula is C20H19F3N2O3S. The summed E-state index contributed by atoms with van der Waals surface area (Å²) in [5.41, 5.74) is 1.12. The number of carbonyl (C=O) groups is 1. The van der Waals surface area contributed by atoms with Crippen LogP contribution in [0.15, 0.2) is 54.6 Å². The minimum absolute atomic E-state index is 0.104. The Morgan fingerprint density at radius 1 is 1.07 bits per heavy atom. The van der Waals surface area contributed by atoms with E-state index in [0.717, 1.165) is 17.7 Å². The first kappa shape index (κ1) is 20.9. The Morgan fingerprint density at radius 3 is 2.28 bits per heavy atom. The lowest BCUT2D eigenvalue weighted by Gasteiger charge is -2.16. The van der Waals surface area contributed by atoms with Gasteiger partial charge in [-0.1, -0.05) is 24.3 Å². The van der Waals surface area contributed by atoms with Crippen molar-refractivity contribution < 1.29 is 26.4 Å². The van der Waals surface area contributed by atoms with Crippen molar-refractivity contribution >= 4 is 27.7 Å². The zero-order valence-electron chi connectivity index (χ0n) is 15.3. The molecule has 0 aromatic heterocycles. The van der Waals surface area contributed by atoms with Crippen molar-refractivity contribution in [2.24, 2.45) is 0 Å². The number of rotatable bonds is 5. The van der Waals surface area contributed by atoms with Gasteiger partial charge < -0.3 is 5.32 Å². The van der Waals surface area contributed by atoms with Crippen LogP contribution < -0.4 is 9.62 Å². The van der Waals surface area contributed by atoms with E-state index in [-0.39, 0.29) is 12.3 Å². The van der Waals surface area contributed by atoms with E-state index in [1.165, 1.54) is 22.5 Å². The van der Waals surface area contributed by atoms with Gasteiger partial charge in [-0.05, 0) is 47.9 Å². The molecule has 1 amide bonds. The number of amides is 1. The Kier molecular flexibility index (Phi) is 5.97. The summed E-state index contributed by atoms with van der Waals surface area (Å²) in [5.74, 6) is -0.246. The molecule has 1 aliphatic rings. The number of nitrogens with one attached hydrogen (secondary N) is 1. The number of alkyl halides is 3. The fourth-order valence-corrected chi connectivity index (χ4v) is 4.48. The second-order valence-corrected chi connectivity index (χ2v) is 8.59. The maximum absolute atomic E-state index is 12.5. The molecule has 2 aromatic rings. The predicted octanol–water partition coefficient (Wildman–Crippen LogP) is 3.57. The van der Waals surface area contributed by atoms with E-state index in [2.05, 4.69) is 5.32 Å². The normalized spacial score (nSPS) is 16.3. The fraction of sp³-hybridized carbons (Fsp3) is 0.250.